The SMILES string of the molecule is C=C(CO)CC1CCCN1CC. The van der Waals surface area contributed by atoms with E-state index in [9.17, 15) is 0 Å². The second-order valence-electron chi connectivity index (χ2n) is 3.54. The molecule has 1 unspecified atom stereocenters. The second kappa shape index (κ2) is 4.63. The summed E-state index contributed by atoms with van der Waals surface area (Å²) < 4.78 is 0. The number of nitrogens with zero attached hydrogens (tertiary/aromatic N) is 1. The van der Waals surface area contributed by atoms with Gasteiger partial charge in [-0.2, -0.15) is 0 Å². The molecule has 1 aliphatic rings. The van der Waals surface area contributed by atoms with Crippen molar-refractivity contribution in [3.8, 4) is 0 Å². The molecular formula is C10H19NO. The molecule has 1 saturated heterocycles. The van der Waals surface area contributed by atoms with Crippen LogP contribution in [0.25, 0.3) is 0 Å². The molecule has 0 amide bonds. The molecule has 0 saturated carbocycles. The maximum Gasteiger partial charge on any atom is 0.0639 e. The van der Waals surface area contributed by atoms with Crippen molar-refractivity contribution in [3.05, 3.63) is 12.2 Å². The molecule has 0 aliphatic carbocycles. The van der Waals surface area contributed by atoms with Crippen LogP contribution in [-0.2, 0) is 0 Å². The van der Waals surface area contributed by atoms with Crippen LogP contribution < -0.4 is 0 Å². The molecular weight excluding hydrogens is 150 g/mol. The third kappa shape index (κ3) is 2.32. The standard InChI is InChI=1S/C10H19NO/c1-3-11-6-4-5-10(11)7-9(2)8-12/h10,12H,2-8H2,1H3. The van der Waals surface area contributed by atoms with Gasteiger partial charge in [-0.15, -0.1) is 0 Å². The Morgan fingerprint density at radius 1 is 1.67 bits per heavy atom. The summed E-state index contributed by atoms with van der Waals surface area (Å²) in [5.74, 6) is 0. The Labute approximate surface area is 74.9 Å². The van der Waals surface area contributed by atoms with E-state index >= 15 is 0 Å². The average Bonchev–Trinajstić information content (AvgIpc) is 2.51. The predicted molar refractivity (Wildman–Crippen MR) is 51.1 cm³/mol. The van der Waals surface area contributed by atoms with E-state index in [1.807, 2.05) is 0 Å². The first-order chi connectivity index (χ1) is 5.77. The monoisotopic (exact) mass is 169 g/mol. The average molecular weight is 169 g/mol. The van der Waals surface area contributed by atoms with Crippen molar-refractivity contribution >= 4 is 0 Å². The van der Waals surface area contributed by atoms with E-state index in [1.54, 1.807) is 0 Å². The Morgan fingerprint density at radius 3 is 3.00 bits per heavy atom. The molecule has 1 N–H and O–H groups in total. The number of likely N-dealkylation sites (tertiary alicyclic amines) is 1. The molecule has 2 nitrogen and oxygen atoms in total. The van der Waals surface area contributed by atoms with Gasteiger partial charge in [0.25, 0.3) is 0 Å². The summed E-state index contributed by atoms with van der Waals surface area (Å²) in [4.78, 5) is 2.47. The van der Waals surface area contributed by atoms with Crippen molar-refractivity contribution in [1.29, 1.82) is 0 Å². The van der Waals surface area contributed by atoms with Crippen molar-refractivity contribution in [2.24, 2.45) is 0 Å². The summed E-state index contributed by atoms with van der Waals surface area (Å²) >= 11 is 0. The fourth-order valence-corrected chi connectivity index (χ4v) is 1.94. The van der Waals surface area contributed by atoms with Gasteiger partial charge >= 0.3 is 0 Å². The fourth-order valence-electron chi connectivity index (χ4n) is 1.94. The number of rotatable bonds is 4. The van der Waals surface area contributed by atoms with Gasteiger partial charge in [-0.05, 0) is 32.4 Å². The van der Waals surface area contributed by atoms with E-state index in [1.165, 1.54) is 19.4 Å². The van der Waals surface area contributed by atoms with E-state index in [4.69, 9.17) is 5.11 Å². The summed E-state index contributed by atoms with van der Waals surface area (Å²) in [6.45, 7) is 8.52. The van der Waals surface area contributed by atoms with Crippen molar-refractivity contribution < 1.29 is 5.11 Å². The quantitative estimate of drug-likeness (QED) is 0.643. The van der Waals surface area contributed by atoms with Crippen molar-refractivity contribution in [1.82, 2.24) is 4.90 Å². The van der Waals surface area contributed by atoms with Crippen LogP contribution in [0, 0.1) is 0 Å². The molecule has 0 aromatic rings. The Morgan fingerprint density at radius 2 is 2.42 bits per heavy atom. The van der Waals surface area contributed by atoms with Gasteiger partial charge in [0.05, 0.1) is 6.61 Å². The van der Waals surface area contributed by atoms with Crippen LogP contribution in [0.3, 0.4) is 0 Å². The molecule has 1 heterocycles. The van der Waals surface area contributed by atoms with Gasteiger partial charge < -0.3 is 10.0 Å². The van der Waals surface area contributed by atoms with E-state index in [2.05, 4.69) is 18.4 Å². The maximum atomic E-state index is 8.84. The maximum absolute atomic E-state index is 8.84. The van der Waals surface area contributed by atoms with Gasteiger partial charge in [0.15, 0.2) is 0 Å². The van der Waals surface area contributed by atoms with Crippen LogP contribution in [0.15, 0.2) is 12.2 Å². The van der Waals surface area contributed by atoms with Crippen molar-refractivity contribution in [2.45, 2.75) is 32.2 Å². The number of hydrogen-bond acceptors (Lipinski definition) is 2. The highest BCUT2D eigenvalue weighted by molar-refractivity contribution is 4.99. The lowest BCUT2D eigenvalue weighted by Crippen LogP contribution is -2.29. The van der Waals surface area contributed by atoms with Crippen molar-refractivity contribution in [2.75, 3.05) is 19.7 Å². The third-order valence-corrected chi connectivity index (χ3v) is 2.65. The van der Waals surface area contributed by atoms with Gasteiger partial charge in [-0.3, -0.25) is 0 Å². The number of hydrogen-bond donors (Lipinski definition) is 1. The summed E-state index contributed by atoms with van der Waals surface area (Å²) in [7, 11) is 0. The molecule has 0 bridgehead atoms. The van der Waals surface area contributed by atoms with E-state index in [-0.39, 0.29) is 6.61 Å². The third-order valence-electron chi connectivity index (χ3n) is 2.65. The molecule has 1 aliphatic heterocycles. The molecule has 0 aromatic carbocycles. The minimum absolute atomic E-state index is 0.147. The molecule has 0 aromatic heterocycles. The highest BCUT2D eigenvalue weighted by Gasteiger charge is 2.22. The minimum atomic E-state index is 0.147. The topological polar surface area (TPSA) is 23.5 Å². The van der Waals surface area contributed by atoms with E-state index < -0.39 is 0 Å². The Hall–Kier alpha value is -0.340. The first-order valence-electron chi connectivity index (χ1n) is 4.79. The molecule has 0 spiro atoms. The van der Waals surface area contributed by atoms with Gasteiger partial charge in [-0.1, -0.05) is 19.1 Å². The van der Waals surface area contributed by atoms with Gasteiger partial charge in [0.1, 0.15) is 0 Å². The second-order valence-corrected chi connectivity index (χ2v) is 3.54. The van der Waals surface area contributed by atoms with Gasteiger partial charge in [0.2, 0.25) is 0 Å². The smallest absolute Gasteiger partial charge is 0.0639 e. The Balaban J connectivity index is 2.35. The molecule has 12 heavy (non-hydrogen) atoms. The fraction of sp³-hybridized carbons (Fsp3) is 0.800. The zero-order valence-corrected chi connectivity index (χ0v) is 7.92. The van der Waals surface area contributed by atoms with Crippen LogP contribution in [0.4, 0.5) is 0 Å². The molecule has 1 rings (SSSR count). The molecule has 1 atom stereocenters. The normalized spacial score (nSPS) is 24.7. The van der Waals surface area contributed by atoms with Gasteiger partial charge in [0, 0.05) is 6.04 Å². The number of aliphatic hydroxyl groups is 1. The first kappa shape index (κ1) is 9.75. The Bertz CT molecular complexity index is 156. The Kier molecular flexibility index (Phi) is 3.76. The van der Waals surface area contributed by atoms with Crippen LogP contribution in [-0.4, -0.2) is 35.7 Å². The van der Waals surface area contributed by atoms with Gasteiger partial charge in [-0.25, -0.2) is 0 Å². The zero-order chi connectivity index (χ0) is 8.97. The lowest BCUT2D eigenvalue weighted by atomic mass is 10.1. The number of aliphatic hydroxyl groups excluding tert-OH is 1. The molecule has 0 radical (unpaired) electrons. The molecule has 1 fully saturated rings. The van der Waals surface area contributed by atoms with Crippen LogP contribution in [0.2, 0.25) is 0 Å². The lowest BCUT2D eigenvalue weighted by Gasteiger charge is -2.22. The van der Waals surface area contributed by atoms with E-state index in [0.717, 1.165) is 18.5 Å². The highest BCUT2D eigenvalue weighted by Crippen LogP contribution is 2.21. The molecule has 70 valence electrons. The highest BCUT2D eigenvalue weighted by atomic mass is 16.3. The van der Waals surface area contributed by atoms with E-state index in [0.29, 0.717) is 6.04 Å². The van der Waals surface area contributed by atoms with Crippen molar-refractivity contribution in [3.63, 3.8) is 0 Å². The lowest BCUT2D eigenvalue weighted by molar-refractivity contribution is 0.253. The van der Waals surface area contributed by atoms with Crippen LogP contribution in [0.1, 0.15) is 26.2 Å². The first-order valence-corrected chi connectivity index (χ1v) is 4.79. The minimum Gasteiger partial charge on any atom is -0.392 e. The van der Waals surface area contributed by atoms with Crippen LogP contribution in [0.5, 0.6) is 0 Å². The summed E-state index contributed by atoms with van der Waals surface area (Å²) in [5.41, 5.74) is 0.973. The molecule has 2 heteroatoms. The van der Waals surface area contributed by atoms with Crippen LogP contribution >= 0.6 is 0 Å². The zero-order valence-electron chi connectivity index (χ0n) is 7.92. The summed E-state index contributed by atoms with van der Waals surface area (Å²) in [5, 5.41) is 8.84. The summed E-state index contributed by atoms with van der Waals surface area (Å²) in [6, 6.07) is 0.648. The largest absolute Gasteiger partial charge is 0.392 e. The predicted octanol–water partition coefficient (Wildman–Crippen LogP) is 1.41. The summed E-state index contributed by atoms with van der Waals surface area (Å²) in [6.07, 6.45) is 3.55.